The predicted molar refractivity (Wildman–Crippen MR) is 85.8 cm³/mol. The van der Waals surface area contributed by atoms with Gasteiger partial charge in [0.25, 0.3) is 0 Å². The number of ether oxygens (including phenoxy) is 1. The molecule has 1 aliphatic carbocycles. The smallest absolute Gasteiger partial charge is 0.315 e. The minimum absolute atomic E-state index is 0.0854. The molecule has 1 saturated carbocycles. The van der Waals surface area contributed by atoms with Gasteiger partial charge in [-0.2, -0.15) is 0 Å². The Morgan fingerprint density at radius 3 is 3.00 bits per heavy atom. The molecule has 2 aliphatic rings. The van der Waals surface area contributed by atoms with E-state index in [0.717, 1.165) is 49.7 Å². The van der Waals surface area contributed by atoms with Gasteiger partial charge < -0.3 is 20.3 Å². The zero-order chi connectivity index (χ0) is 15.6. The van der Waals surface area contributed by atoms with E-state index in [4.69, 9.17) is 4.74 Å². The fourth-order valence-corrected chi connectivity index (χ4v) is 3.80. The maximum absolute atomic E-state index is 12.0. The molecule has 1 spiro atoms. The van der Waals surface area contributed by atoms with Crippen LogP contribution < -0.4 is 10.6 Å². The summed E-state index contributed by atoms with van der Waals surface area (Å²) >= 11 is 1.59. The first-order valence-electron chi connectivity index (χ1n) is 7.77. The summed E-state index contributed by atoms with van der Waals surface area (Å²) in [7, 11) is 4.04. The van der Waals surface area contributed by atoms with Crippen LogP contribution in [-0.2, 0) is 17.8 Å². The minimum Gasteiger partial charge on any atom is -0.381 e. The van der Waals surface area contributed by atoms with Gasteiger partial charge in [-0.05, 0) is 38.8 Å². The molecule has 2 N–H and O–H groups in total. The summed E-state index contributed by atoms with van der Waals surface area (Å²) in [6.45, 7) is 2.98. The van der Waals surface area contributed by atoms with Crippen molar-refractivity contribution in [3.63, 3.8) is 0 Å². The van der Waals surface area contributed by atoms with Crippen LogP contribution in [0.15, 0.2) is 5.38 Å². The normalized spacial score (nSPS) is 22.8. The summed E-state index contributed by atoms with van der Waals surface area (Å²) in [5, 5.41) is 8.99. The average molecular weight is 324 g/mol. The highest BCUT2D eigenvalue weighted by molar-refractivity contribution is 7.09. The van der Waals surface area contributed by atoms with Gasteiger partial charge >= 0.3 is 6.03 Å². The van der Waals surface area contributed by atoms with Crippen LogP contribution in [-0.4, -0.2) is 49.3 Å². The Kier molecular flexibility index (Phi) is 4.65. The molecule has 1 aliphatic heterocycles. The first-order valence-corrected chi connectivity index (χ1v) is 8.65. The molecule has 2 amide bonds. The van der Waals surface area contributed by atoms with Crippen LogP contribution in [0, 0.1) is 5.41 Å². The van der Waals surface area contributed by atoms with E-state index in [1.54, 1.807) is 11.3 Å². The number of thiazole rings is 1. The molecule has 1 unspecified atom stereocenters. The van der Waals surface area contributed by atoms with Gasteiger partial charge in [0.2, 0.25) is 0 Å². The predicted octanol–water partition coefficient (Wildman–Crippen LogP) is 1.57. The van der Waals surface area contributed by atoms with E-state index in [2.05, 4.69) is 20.5 Å². The summed E-state index contributed by atoms with van der Waals surface area (Å²) in [6.07, 6.45) is 3.23. The molecule has 2 fully saturated rings. The van der Waals surface area contributed by atoms with Crippen LogP contribution in [0.2, 0.25) is 0 Å². The topological polar surface area (TPSA) is 66.5 Å². The molecular formula is C15H24N4O2S. The lowest BCUT2D eigenvalue weighted by Gasteiger charge is -2.22. The van der Waals surface area contributed by atoms with Crippen molar-refractivity contribution in [1.82, 2.24) is 20.5 Å². The van der Waals surface area contributed by atoms with Crippen molar-refractivity contribution in [3.05, 3.63) is 16.1 Å². The second-order valence-electron chi connectivity index (χ2n) is 6.53. The van der Waals surface area contributed by atoms with Crippen molar-refractivity contribution in [2.45, 2.75) is 38.4 Å². The molecule has 1 aromatic rings. The first-order chi connectivity index (χ1) is 10.6. The number of carbonyl (C=O) groups excluding carboxylic acids is 1. The van der Waals surface area contributed by atoms with Crippen LogP contribution >= 0.6 is 11.3 Å². The summed E-state index contributed by atoms with van der Waals surface area (Å²) in [6, 6.07) is 0.231. The van der Waals surface area contributed by atoms with E-state index < -0.39 is 0 Å². The number of hydrogen-bond acceptors (Lipinski definition) is 5. The van der Waals surface area contributed by atoms with Crippen LogP contribution in [0.4, 0.5) is 4.79 Å². The summed E-state index contributed by atoms with van der Waals surface area (Å²) in [5.74, 6) is 0. The van der Waals surface area contributed by atoms with Crippen molar-refractivity contribution >= 4 is 17.4 Å². The fourth-order valence-electron chi connectivity index (χ4n) is 3.07. The molecule has 3 rings (SSSR count). The minimum atomic E-state index is -0.0854. The molecule has 1 atom stereocenters. The molecule has 2 heterocycles. The number of rotatable bonds is 5. The van der Waals surface area contributed by atoms with E-state index in [1.807, 2.05) is 19.5 Å². The molecule has 0 aromatic carbocycles. The largest absolute Gasteiger partial charge is 0.381 e. The highest BCUT2D eigenvalue weighted by Gasteiger charge is 2.55. The second-order valence-corrected chi connectivity index (χ2v) is 7.47. The van der Waals surface area contributed by atoms with Crippen molar-refractivity contribution in [2.75, 3.05) is 27.3 Å². The third-order valence-electron chi connectivity index (χ3n) is 4.46. The van der Waals surface area contributed by atoms with Crippen molar-refractivity contribution in [1.29, 1.82) is 0 Å². The lowest BCUT2D eigenvalue weighted by Crippen LogP contribution is -2.39. The monoisotopic (exact) mass is 324 g/mol. The number of urea groups is 1. The van der Waals surface area contributed by atoms with E-state index in [-0.39, 0.29) is 6.03 Å². The standard InChI is InChI=1S/C15H24N4O2S/c1-19(2)9-11-10-22-13(17-11)8-16-14(20)18-12-7-15(12)3-5-21-6-4-15/h10,12H,3-9H2,1-2H3,(H2,16,18,20). The Morgan fingerprint density at radius 2 is 2.27 bits per heavy atom. The Hall–Kier alpha value is -1.18. The van der Waals surface area contributed by atoms with E-state index in [1.165, 1.54) is 0 Å². The Bertz CT molecular complexity index is 525. The zero-order valence-electron chi connectivity index (χ0n) is 13.2. The number of aromatic nitrogens is 1. The van der Waals surface area contributed by atoms with Gasteiger partial charge in [-0.3, -0.25) is 0 Å². The Labute approximate surface area is 135 Å². The van der Waals surface area contributed by atoms with Crippen LogP contribution in [0.1, 0.15) is 30.0 Å². The van der Waals surface area contributed by atoms with Crippen molar-refractivity contribution < 1.29 is 9.53 Å². The second kappa shape index (κ2) is 6.52. The number of nitrogens with zero attached hydrogens (tertiary/aromatic N) is 2. The van der Waals surface area contributed by atoms with E-state index >= 15 is 0 Å². The fraction of sp³-hybridized carbons (Fsp3) is 0.733. The number of amides is 2. The molecule has 22 heavy (non-hydrogen) atoms. The van der Waals surface area contributed by atoms with Crippen LogP contribution in [0.5, 0.6) is 0 Å². The van der Waals surface area contributed by atoms with Gasteiger partial charge in [0, 0.05) is 31.2 Å². The highest BCUT2D eigenvalue weighted by atomic mass is 32.1. The maximum atomic E-state index is 12.0. The Balaban J connectivity index is 1.40. The van der Waals surface area contributed by atoms with Crippen molar-refractivity contribution in [3.8, 4) is 0 Å². The zero-order valence-corrected chi connectivity index (χ0v) is 14.0. The van der Waals surface area contributed by atoms with Gasteiger partial charge in [0.15, 0.2) is 0 Å². The number of carbonyl (C=O) groups is 1. The summed E-state index contributed by atoms with van der Waals surface area (Å²) < 4.78 is 5.39. The molecule has 122 valence electrons. The molecule has 7 heteroatoms. The lowest BCUT2D eigenvalue weighted by atomic mass is 9.96. The maximum Gasteiger partial charge on any atom is 0.315 e. The van der Waals surface area contributed by atoms with Gasteiger partial charge in [0.05, 0.1) is 12.2 Å². The average Bonchev–Trinajstić information content (AvgIpc) is 2.93. The van der Waals surface area contributed by atoms with Gasteiger partial charge in [-0.25, -0.2) is 9.78 Å². The van der Waals surface area contributed by atoms with Gasteiger partial charge in [0.1, 0.15) is 5.01 Å². The molecule has 1 saturated heterocycles. The third-order valence-corrected chi connectivity index (χ3v) is 5.36. The highest BCUT2D eigenvalue weighted by Crippen LogP contribution is 2.53. The van der Waals surface area contributed by atoms with E-state index in [0.29, 0.717) is 18.0 Å². The van der Waals surface area contributed by atoms with E-state index in [9.17, 15) is 4.79 Å². The van der Waals surface area contributed by atoms with Crippen LogP contribution in [0.25, 0.3) is 0 Å². The first kappa shape index (κ1) is 15.7. The summed E-state index contributed by atoms with van der Waals surface area (Å²) in [5.41, 5.74) is 1.37. The van der Waals surface area contributed by atoms with Gasteiger partial charge in [-0.15, -0.1) is 11.3 Å². The quantitative estimate of drug-likeness (QED) is 0.863. The number of nitrogens with one attached hydrogen (secondary N) is 2. The van der Waals surface area contributed by atoms with Gasteiger partial charge in [-0.1, -0.05) is 0 Å². The SMILES string of the molecule is CN(C)Cc1csc(CNC(=O)NC2CC23CCOCC3)n1. The molecular weight excluding hydrogens is 300 g/mol. The van der Waals surface area contributed by atoms with Crippen LogP contribution in [0.3, 0.4) is 0 Å². The Morgan fingerprint density at radius 1 is 1.50 bits per heavy atom. The third kappa shape index (κ3) is 3.77. The molecule has 0 bridgehead atoms. The molecule has 0 radical (unpaired) electrons. The lowest BCUT2D eigenvalue weighted by molar-refractivity contribution is 0.0547. The number of hydrogen-bond donors (Lipinski definition) is 2. The molecule has 1 aromatic heterocycles. The van der Waals surface area contributed by atoms with Crippen molar-refractivity contribution in [2.24, 2.45) is 5.41 Å². The molecule has 6 nitrogen and oxygen atoms in total. The summed E-state index contributed by atoms with van der Waals surface area (Å²) in [4.78, 5) is 18.6.